The lowest BCUT2D eigenvalue weighted by atomic mass is 10.2. The topological polar surface area (TPSA) is 93.7 Å². The van der Waals surface area contributed by atoms with E-state index in [0.717, 1.165) is 25.0 Å². The normalized spacial score (nSPS) is 16.4. The number of carbonyl (C=O) groups excluding carboxylic acids is 1. The van der Waals surface area contributed by atoms with Gasteiger partial charge in [-0.25, -0.2) is 8.42 Å². The van der Waals surface area contributed by atoms with Gasteiger partial charge in [0.1, 0.15) is 5.75 Å². The van der Waals surface area contributed by atoms with Gasteiger partial charge in [-0.15, -0.1) is 0 Å². The lowest BCUT2D eigenvalue weighted by Crippen LogP contribution is -2.35. The Balaban J connectivity index is 1.57. The zero-order chi connectivity index (χ0) is 20.9. The maximum absolute atomic E-state index is 12.5. The van der Waals surface area contributed by atoms with Crippen LogP contribution in [0.1, 0.15) is 18.4 Å². The zero-order valence-corrected chi connectivity index (χ0v) is 17.6. The average Bonchev–Trinajstić information content (AvgIpc) is 3.20. The number of rotatable bonds is 8. The first-order chi connectivity index (χ1) is 13.8. The minimum absolute atomic E-state index is 0.00161. The van der Waals surface area contributed by atoms with Crippen LogP contribution in [0.4, 0.5) is 5.69 Å². The van der Waals surface area contributed by atoms with Crippen molar-refractivity contribution in [2.75, 3.05) is 24.5 Å². The number of ether oxygens (including phenoxy) is 2. The first kappa shape index (κ1) is 21.4. The Bertz CT molecular complexity index is 957. The molecule has 7 nitrogen and oxygen atoms in total. The lowest BCUT2D eigenvalue weighted by Gasteiger charge is -2.13. The van der Waals surface area contributed by atoms with Crippen molar-refractivity contribution in [1.29, 1.82) is 0 Å². The van der Waals surface area contributed by atoms with E-state index in [1.807, 2.05) is 19.1 Å². The molecule has 0 saturated carbocycles. The quantitative estimate of drug-likeness (QED) is 0.660. The molecule has 0 spiro atoms. The molecule has 1 aliphatic heterocycles. The van der Waals surface area contributed by atoms with Crippen molar-refractivity contribution in [2.24, 2.45) is 0 Å². The molecule has 29 heavy (non-hydrogen) atoms. The number of aryl methyl sites for hydroxylation is 1. The number of anilines is 1. The summed E-state index contributed by atoms with van der Waals surface area (Å²) in [4.78, 5) is 11.9. The van der Waals surface area contributed by atoms with Gasteiger partial charge in [-0.05, 0) is 50.1 Å². The van der Waals surface area contributed by atoms with E-state index in [4.69, 9.17) is 21.1 Å². The molecule has 0 aliphatic carbocycles. The van der Waals surface area contributed by atoms with Crippen LogP contribution in [0, 0.1) is 6.92 Å². The van der Waals surface area contributed by atoms with E-state index in [1.54, 1.807) is 12.1 Å². The van der Waals surface area contributed by atoms with Crippen LogP contribution in [-0.2, 0) is 19.6 Å². The van der Waals surface area contributed by atoms with Gasteiger partial charge in [-0.1, -0.05) is 29.3 Å². The number of benzene rings is 2. The molecule has 1 saturated heterocycles. The van der Waals surface area contributed by atoms with E-state index in [1.165, 1.54) is 18.2 Å². The van der Waals surface area contributed by atoms with Crippen LogP contribution in [0.25, 0.3) is 0 Å². The van der Waals surface area contributed by atoms with Gasteiger partial charge < -0.3 is 14.8 Å². The molecule has 2 N–H and O–H groups in total. The highest BCUT2D eigenvalue weighted by atomic mass is 35.5. The van der Waals surface area contributed by atoms with Crippen LogP contribution >= 0.6 is 11.6 Å². The van der Waals surface area contributed by atoms with Crippen LogP contribution < -0.4 is 14.8 Å². The van der Waals surface area contributed by atoms with Crippen LogP contribution in [0.15, 0.2) is 47.4 Å². The summed E-state index contributed by atoms with van der Waals surface area (Å²) in [6.45, 7) is 2.86. The molecule has 0 radical (unpaired) electrons. The Labute approximate surface area is 175 Å². The third kappa shape index (κ3) is 6.09. The smallest absolute Gasteiger partial charge is 0.261 e. The number of sulfonamides is 1. The number of hydrogen-bond acceptors (Lipinski definition) is 5. The van der Waals surface area contributed by atoms with Crippen molar-refractivity contribution < 1.29 is 22.7 Å². The van der Waals surface area contributed by atoms with Crippen molar-refractivity contribution >= 4 is 33.2 Å². The molecule has 1 aliphatic rings. The minimum Gasteiger partial charge on any atom is -0.482 e. The highest BCUT2D eigenvalue weighted by Crippen LogP contribution is 2.28. The van der Waals surface area contributed by atoms with E-state index in [2.05, 4.69) is 10.0 Å². The fraction of sp³-hybridized carbons (Fsp3) is 0.350. The van der Waals surface area contributed by atoms with Crippen LogP contribution in [-0.4, -0.2) is 40.2 Å². The molecule has 9 heteroatoms. The molecule has 3 rings (SSSR count). The SMILES string of the molecule is Cc1ccc(NS(=O)(=O)c2ccc(OCC(=O)NC[C@@H]3CCCO3)c(Cl)c2)cc1. The van der Waals surface area contributed by atoms with Gasteiger partial charge in [-0.3, -0.25) is 9.52 Å². The molecule has 2 aromatic rings. The Hall–Kier alpha value is -2.29. The zero-order valence-electron chi connectivity index (χ0n) is 16.0. The van der Waals surface area contributed by atoms with E-state index in [0.29, 0.717) is 12.2 Å². The summed E-state index contributed by atoms with van der Waals surface area (Å²) in [6.07, 6.45) is 1.98. The van der Waals surface area contributed by atoms with Crippen molar-refractivity contribution in [2.45, 2.75) is 30.8 Å². The molecular weight excluding hydrogens is 416 g/mol. The van der Waals surface area contributed by atoms with Crippen LogP contribution in [0.5, 0.6) is 5.75 Å². The van der Waals surface area contributed by atoms with Crippen molar-refractivity contribution in [3.63, 3.8) is 0 Å². The molecule has 0 bridgehead atoms. The Kier molecular flexibility index (Phi) is 7.00. The molecule has 156 valence electrons. The number of amides is 1. The largest absolute Gasteiger partial charge is 0.482 e. The van der Waals surface area contributed by atoms with Gasteiger partial charge in [0.15, 0.2) is 6.61 Å². The summed E-state index contributed by atoms with van der Waals surface area (Å²) in [5.41, 5.74) is 1.48. The monoisotopic (exact) mass is 438 g/mol. The Morgan fingerprint density at radius 1 is 1.24 bits per heavy atom. The number of hydrogen-bond donors (Lipinski definition) is 2. The summed E-state index contributed by atoms with van der Waals surface area (Å²) >= 11 is 6.15. The Morgan fingerprint density at radius 2 is 2.00 bits per heavy atom. The first-order valence-corrected chi connectivity index (χ1v) is 11.1. The number of halogens is 1. The second kappa shape index (κ2) is 9.47. The second-order valence-electron chi connectivity index (χ2n) is 6.79. The van der Waals surface area contributed by atoms with Crippen molar-refractivity contribution in [1.82, 2.24) is 5.32 Å². The minimum atomic E-state index is -3.80. The third-order valence-corrected chi connectivity index (χ3v) is 6.10. The van der Waals surface area contributed by atoms with E-state index in [-0.39, 0.29) is 34.3 Å². The summed E-state index contributed by atoms with van der Waals surface area (Å²) in [5.74, 6) is -0.0671. The molecule has 0 aromatic heterocycles. The maximum Gasteiger partial charge on any atom is 0.261 e. The molecule has 1 atom stereocenters. The molecule has 1 heterocycles. The third-order valence-electron chi connectivity index (χ3n) is 4.43. The standard InChI is InChI=1S/C20H23ClN2O5S/c1-14-4-6-15(7-5-14)23-29(25,26)17-8-9-19(18(21)11-17)28-13-20(24)22-12-16-3-2-10-27-16/h4-9,11,16,23H,2-3,10,12-13H2,1H3,(H,22,24)/t16-/m0/s1. The molecule has 1 fully saturated rings. The van der Waals surface area contributed by atoms with Gasteiger partial charge in [0.05, 0.1) is 16.0 Å². The maximum atomic E-state index is 12.5. The molecule has 0 unspecified atom stereocenters. The van der Waals surface area contributed by atoms with Crippen LogP contribution in [0.3, 0.4) is 0 Å². The van der Waals surface area contributed by atoms with Gasteiger partial charge in [0, 0.05) is 18.8 Å². The Morgan fingerprint density at radius 3 is 2.66 bits per heavy atom. The summed E-state index contributed by atoms with van der Waals surface area (Å²) in [5, 5.41) is 2.84. The lowest BCUT2D eigenvalue weighted by molar-refractivity contribution is -0.123. The van der Waals surface area contributed by atoms with Gasteiger partial charge >= 0.3 is 0 Å². The number of nitrogens with one attached hydrogen (secondary N) is 2. The predicted molar refractivity (Wildman–Crippen MR) is 111 cm³/mol. The molecular formula is C20H23ClN2O5S. The first-order valence-electron chi connectivity index (χ1n) is 9.23. The second-order valence-corrected chi connectivity index (χ2v) is 8.88. The predicted octanol–water partition coefficient (Wildman–Crippen LogP) is 3.12. The van der Waals surface area contributed by atoms with Gasteiger partial charge in [0.2, 0.25) is 0 Å². The average molecular weight is 439 g/mol. The van der Waals surface area contributed by atoms with Crippen molar-refractivity contribution in [3.8, 4) is 5.75 Å². The molecule has 1 amide bonds. The van der Waals surface area contributed by atoms with Gasteiger partial charge in [-0.2, -0.15) is 0 Å². The fourth-order valence-corrected chi connectivity index (χ4v) is 4.21. The molecule has 2 aromatic carbocycles. The summed E-state index contributed by atoms with van der Waals surface area (Å²) in [7, 11) is -3.80. The summed E-state index contributed by atoms with van der Waals surface area (Å²) in [6, 6.07) is 11.1. The highest BCUT2D eigenvalue weighted by Gasteiger charge is 2.18. The van der Waals surface area contributed by atoms with E-state index in [9.17, 15) is 13.2 Å². The van der Waals surface area contributed by atoms with E-state index < -0.39 is 10.0 Å². The highest BCUT2D eigenvalue weighted by molar-refractivity contribution is 7.92. The van der Waals surface area contributed by atoms with Crippen molar-refractivity contribution in [3.05, 3.63) is 53.1 Å². The number of carbonyl (C=O) groups is 1. The summed E-state index contributed by atoms with van der Waals surface area (Å²) < 4.78 is 38.4. The van der Waals surface area contributed by atoms with Crippen LogP contribution in [0.2, 0.25) is 5.02 Å². The van der Waals surface area contributed by atoms with Gasteiger partial charge in [0.25, 0.3) is 15.9 Å². The van der Waals surface area contributed by atoms with E-state index >= 15 is 0 Å². The fourth-order valence-electron chi connectivity index (χ4n) is 2.83.